The Morgan fingerprint density at radius 3 is 2.61 bits per heavy atom. The molecule has 1 atom stereocenters. The molecule has 0 aliphatic carbocycles. The number of carbonyl (C=O) groups excluding carboxylic acids is 3. The number of ether oxygens (including phenoxy) is 1. The van der Waals surface area contributed by atoms with Gasteiger partial charge in [-0.25, -0.2) is 0 Å². The van der Waals surface area contributed by atoms with Gasteiger partial charge in [-0.2, -0.15) is 0 Å². The van der Waals surface area contributed by atoms with Crippen LogP contribution in [0.1, 0.15) is 36.2 Å². The first-order valence-electron chi connectivity index (χ1n) is 9.84. The second-order valence-corrected chi connectivity index (χ2v) is 7.85. The Hall–Kier alpha value is -2.35. The van der Waals surface area contributed by atoms with Crippen molar-refractivity contribution < 1.29 is 19.1 Å². The Balaban J connectivity index is 1.60. The van der Waals surface area contributed by atoms with E-state index < -0.39 is 11.5 Å². The number of likely N-dealkylation sites (N-methyl/N-ethyl adjacent to an activating group) is 1. The van der Waals surface area contributed by atoms with E-state index in [1.807, 2.05) is 34.8 Å². The molecule has 0 saturated carbocycles. The summed E-state index contributed by atoms with van der Waals surface area (Å²) in [5.41, 5.74) is 0.119. The van der Waals surface area contributed by atoms with Crippen molar-refractivity contribution >= 4 is 17.7 Å². The molecule has 0 aromatic carbocycles. The predicted molar refractivity (Wildman–Crippen MR) is 104 cm³/mol. The minimum absolute atomic E-state index is 0.00594. The number of hydrogen-bond donors (Lipinski definition) is 1. The summed E-state index contributed by atoms with van der Waals surface area (Å²) < 4.78 is 6.80. The molecule has 8 heteroatoms. The fourth-order valence-electron chi connectivity index (χ4n) is 4.33. The maximum Gasteiger partial charge on any atom is 0.270 e. The summed E-state index contributed by atoms with van der Waals surface area (Å²) in [7, 11) is 5.19. The van der Waals surface area contributed by atoms with Gasteiger partial charge in [0.15, 0.2) is 0 Å². The number of aryl methyl sites for hydroxylation is 1. The summed E-state index contributed by atoms with van der Waals surface area (Å²) in [4.78, 5) is 41.6. The molecule has 3 rings (SSSR count). The van der Waals surface area contributed by atoms with E-state index in [9.17, 15) is 14.4 Å². The third kappa shape index (κ3) is 3.78. The lowest BCUT2D eigenvalue weighted by Gasteiger charge is -2.37. The molecule has 2 aliphatic rings. The van der Waals surface area contributed by atoms with E-state index in [4.69, 9.17) is 4.74 Å². The Morgan fingerprint density at radius 1 is 1.29 bits per heavy atom. The highest BCUT2D eigenvalue weighted by Crippen LogP contribution is 2.44. The molecule has 3 heterocycles. The smallest absolute Gasteiger partial charge is 0.270 e. The zero-order valence-corrected chi connectivity index (χ0v) is 16.9. The van der Waals surface area contributed by atoms with Crippen molar-refractivity contribution in [3.63, 3.8) is 0 Å². The van der Waals surface area contributed by atoms with Gasteiger partial charge in [0.25, 0.3) is 5.91 Å². The third-order valence-corrected chi connectivity index (χ3v) is 6.12. The molecule has 0 bridgehead atoms. The van der Waals surface area contributed by atoms with E-state index in [0.717, 1.165) is 6.42 Å². The molecular formula is C20H30N4O4. The van der Waals surface area contributed by atoms with Crippen molar-refractivity contribution in [2.75, 3.05) is 40.4 Å². The zero-order valence-electron chi connectivity index (χ0n) is 16.9. The van der Waals surface area contributed by atoms with Crippen LogP contribution in [0, 0.1) is 5.41 Å². The normalized spacial score (nSPS) is 21.4. The Morgan fingerprint density at radius 2 is 2.00 bits per heavy atom. The summed E-state index contributed by atoms with van der Waals surface area (Å²) in [6, 6.07) is 3.22. The first-order valence-corrected chi connectivity index (χ1v) is 9.84. The van der Waals surface area contributed by atoms with Gasteiger partial charge in [-0.1, -0.05) is 0 Å². The summed E-state index contributed by atoms with van der Waals surface area (Å²) in [6.45, 7) is 2.20. The largest absolute Gasteiger partial charge is 0.385 e. The molecule has 1 aromatic heterocycles. The molecule has 0 radical (unpaired) electrons. The van der Waals surface area contributed by atoms with Crippen LogP contribution < -0.4 is 5.32 Å². The van der Waals surface area contributed by atoms with Crippen LogP contribution in [0.5, 0.6) is 0 Å². The number of nitrogens with one attached hydrogen (secondary N) is 1. The predicted octanol–water partition coefficient (Wildman–Crippen LogP) is 0.631. The number of aromatic nitrogens is 1. The molecule has 3 amide bonds. The summed E-state index contributed by atoms with van der Waals surface area (Å²) in [6.07, 6.45) is 4.31. The first-order chi connectivity index (χ1) is 13.4. The first kappa shape index (κ1) is 20.4. The number of carbonyl (C=O) groups is 3. The quantitative estimate of drug-likeness (QED) is 0.722. The molecule has 2 saturated heterocycles. The van der Waals surface area contributed by atoms with Crippen molar-refractivity contribution in [3.8, 4) is 0 Å². The van der Waals surface area contributed by atoms with E-state index in [1.165, 1.54) is 0 Å². The molecule has 2 fully saturated rings. The topological polar surface area (TPSA) is 83.9 Å². The fourth-order valence-corrected chi connectivity index (χ4v) is 4.33. The van der Waals surface area contributed by atoms with Gasteiger partial charge >= 0.3 is 0 Å². The van der Waals surface area contributed by atoms with Crippen molar-refractivity contribution in [1.29, 1.82) is 0 Å². The molecule has 154 valence electrons. The number of hydrogen-bond acceptors (Lipinski definition) is 4. The number of likely N-dealkylation sites (tertiary alicyclic amines) is 2. The van der Waals surface area contributed by atoms with Gasteiger partial charge in [0.1, 0.15) is 11.7 Å². The van der Waals surface area contributed by atoms with E-state index in [0.29, 0.717) is 51.2 Å². The van der Waals surface area contributed by atoms with E-state index >= 15 is 0 Å². The Kier molecular flexibility index (Phi) is 6.07. The second kappa shape index (κ2) is 8.34. The van der Waals surface area contributed by atoms with Gasteiger partial charge in [0.05, 0.1) is 5.41 Å². The average molecular weight is 390 g/mol. The van der Waals surface area contributed by atoms with Gasteiger partial charge in [0, 0.05) is 53.6 Å². The zero-order chi connectivity index (χ0) is 20.3. The fraction of sp³-hybridized carbons (Fsp3) is 0.650. The highest BCUT2D eigenvalue weighted by molar-refractivity contribution is 5.95. The van der Waals surface area contributed by atoms with Crippen LogP contribution in [0.15, 0.2) is 18.3 Å². The number of nitrogens with zero attached hydrogens (tertiary/aromatic N) is 3. The maximum atomic E-state index is 13.0. The van der Waals surface area contributed by atoms with Gasteiger partial charge in [-0.15, -0.1) is 0 Å². The SMILES string of the molecule is COCCCNC(=O)C1CC2(CCN(C(=O)c3cccn3C)CC2)C(=O)N1C. The standard InChI is InChI=1S/C20H30N4O4/c1-22-10-4-6-15(22)18(26)24-11-7-20(8-12-24)14-16(23(2)19(20)27)17(25)21-9-5-13-28-3/h4,6,10,16H,5,7-9,11-14H2,1-3H3,(H,21,25). The van der Waals surface area contributed by atoms with Crippen LogP contribution in [0.4, 0.5) is 0 Å². The highest BCUT2D eigenvalue weighted by Gasteiger charge is 2.53. The summed E-state index contributed by atoms with van der Waals surface area (Å²) >= 11 is 0. The molecule has 1 aromatic rings. The van der Waals surface area contributed by atoms with Gasteiger partial charge in [0.2, 0.25) is 11.8 Å². The van der Waals surface area contributed by atoms with Crippen molar-refractivity contribution in [1.82, 2.24) is 19.7 Å². The number of piperidine rings is 1. The van der Waals surface area contributed by atoms with E-state index in [2.05, 4.69) is 5.32 Å². The molecular weight excluding hydrogens is 360 g/mol. The highest BCUT2D eigenvalue weighted by atomic mass is 16.5. The molecule has 8 nitrogen and oxygen atoms in total. The second-order valence-electron chi connectivity index (χ2n) is 7.85. The number of rotatable bonds is 6. The van der Waals surface area contributed by atoms with Crippen LogP contribution in [0.25, 0.3) is 0 Å². The van der Waals surface area contributed by atoms with Crippen LogP contribution in [-0.4, -0.2) is 78.5 Å². The number of methoxy groups -OCH3 is 1. The van der Waals surface area contributed by atoms with E-state index in [-0.39, 0.29) is 17.7 Å². The summed E-state index contributed by atoms with van der Waals surface area (Å²) in [5.74, 6) is -0.0877. The van der Waals surface area contributed by atoms with Crippen molar-refractivity contribution in [3.05, 3.63) is 24.0 Å². The lowest BCUT2D eigenvalue weighted by molar-refractivity contribution is -0.139. The molecule has 1 N–H and O–H groups in total. The van der Waals surface area contributed by atoms with Gasteiger partial charge in [-0.3, -0.25) is 14.4 Å². The third-order valence-electron chi connectivity index (χ3n) is 6.12. The average Bonchev–Trinajstić information content (AvgIpc) is 3.22. The van der Waals surface area contributed by atoms with Crippen molar-refractivity contribution in [2.24, 2.45) is 12.5 Å². The Bertz CT molecular complexity index is 736. The molecule has 28 heavy (non-hydrogen) atoms. The monoisotopic (exact) mass is 390 g/mol. The van der Waals surface area contributed by atoms with Crippen LogP contribution in [-0.2, 0) is 21.4 Å². The van der Waals surface area contributed by atoms with Gasteiger partial charge in [-0.05, 0) is 37.8 Å². The number of amides is 3. The minimum atomic E-state index is -0.533. The minimum Gasteiger partial charge on any atom is -0.385 e. The maximum absolute atomic E-state index is 13.0. The Labute approximate surface area is 165 Å². The lowest BCUT2D eigenvalue weighted by atomic mass is 9.76. The molecule has 1 spiro atoms. The molecule has 1 unspecified atom stereocenters. The molecule has 2 aliphatic heterocycles. The van der Waals surface area contributed by atoms with Gasteiger partial charge < -0.3 is 24.4 Å². The van der Waals surface area contributed by atoms with Crippen LogP contribution in [0.3, 0.4) is 0 Å². The van der Waals surface area contributed by atoms with E-state index in [1.54, 1.807) is 19.1 Å². The lowest BCUT2D eigenvalue weighted by Crippen LogP contribution is -2.46. The van der Waals surface area contributed by atoms with Crippen LogP contribution >= 0.6 is 0 Å². The van der Waals surface area contributed by atoms with Crippen LogP contribution in [0.2, 0.25) is 0 Å². The van der Waals surface area contributed by atoms with Crippen molar-refractivity contribution in [2.45, 2.75) is 31.7 Å². The summed E-state index contributed by atoms with van der Waals surface area (Å²) in [5, 5.41) is 2.90.